The van der Waals surface area contributed by atoms with E-state index in [1.807, 2.05) is 64.9 Å². The van der Waals surface area contributed by atoms with Crippen molar-refractivity contribution in [1.29, 1.82) is 0 Å². The largest absolute Gasteiger partial charge is 0.497 e. The summed E-state index contributed by atoms with van der Waals surface area (Å²) in [6.45, 7) is 2.53. The molecule has 1 N–H and O–H groups in total. The van der Waals surface area contributed by atoms with E-state index in [1.165, 1.54) is 18.9 Å². The Labute approximate surface area is 208 Å². The van der Waals surface area contributed by atoms with Crippen molar-refractivity contribution >= 4 is 28.8 Å². The lowest BCUT2D eigenvalue weighted by molar-refractivity contribution is -0.136. The summed E-state index contributed by atoms with van der Waals surface area (Å²) in [5.74, 6) is 0.813. The van der Waals surface area contributed by atoms with Crippen LogP contribution in [0, 0.1) is 0 Å². The third kappa shape index (κ3) is 5.51. The second-order valence-electron chi connectivity index (χ2n) is 7.85. The van der Waals surface area contributed by atoms with Gasteiger partial charge >= 0.3 is 5.97 Å². The molecular formula is C26H27N3O5S. The minimum Gasteiger partial charge on any atom is -0.497 e. The molecule has 2 heterocycles. The first-order valence-electron chi connectivity index (χ1n) is 11.1. The highest BCUT2D eigenvalue weighted by Crippen LogP contribution is 2.45. The Morgan fingerprint density at radius 3 is 2.60 bits per heavy atom. The van der Waals surface area contributed by atoms with Crippen LogP contribution in [0.15, 0.2) is 82.0 Å². The number of hydrogen-bond donors (Lipinski definition) is 1. The van der Waals surface area contributed by atoms with Crippen LogP contribution in [0.4, 0.5) is 0 Å². The van der Waals surface area contributed by atoms with Crippen LogP contribution in [0.5, 0.6) is 11.5 Å². The van der Waals surface area contributed by atoms with E-state index in [-0.39, 0.29) is 12.3 Å². The van der Waals surface area contributed by atoms with Gasteiger partial charge < -0.3 is 24.4 Å². The Kier molecular flexibility index (Phi) is 7.77. The molecule has 0 saturated carbocycles. The molecule has 2 aliphatic heterocycles. The number of fused-ring (bicyclic) bond motifs is 1. The first-order valence-corrected chi connectivity index (χ1v) is 12.0. The van der Waals surface area contributed by atoms with Gasteiger partial charge in [0.05, 0.1) is 44.5 Å². The van der Waals surface area contributed by atoms with Gasteiger partial charge in [-0.2, -0.15) is 0 Å². The zero-order chi connectivity index (χ0) is 24.8. The smallest absolute Gasteiger partial charge is 0.338 e. The molecule has 0 spiro atoms. The first kappa shape index (κ1) is 24.4. The fraction of sp³-hybridized carbons (Fsp3) is 0.269. The molecule has 2 aliphatic rings. The molecule has 0 radical (unpaired) electrons. The van der Waals surface area contributed by atoms with E-state index in [0.29, 0.717) is 35.3 Å². The van der Waals surface area contributed by atoms with Gasteiger partial charge in [0.1, 0.15) is 18.1 Å². The number of rotatable bonds is 9. The second kappa shape index (κ2) is 11.1. The van der Waals surface area contributed by atoms with Crippen molar-refractivity contribution in [3.63, 3.8) is 0 Å². The van der Waals surface area contributed by atoms with Gasteiger partial charge in [0, 0.05) is 5.70 Å². The lowest BCUT2D eigenvalue weighted by Gasteiger charge is -2.36. The van der Waals surface area contributed by atoms with Crippen LogP contribution >= 0.6 is 11.8 Å². The molecule has 0 aliphatic carbocycles. The number of para-hydroxylation sites is 1. The van der Waals surface area contributed by atoms with Crippen molar-refractivity contribution in [2.24, 2.45) is 4.99 Å². The number of amides is 1. The highest BCUT2D eigenvalue weighted by Gasteiger charge is 2.41. The molecule has 0 unspecified atom stereocenters. The Morgan fingerprint density at radius 2 is 1.86 bits per heavy atom. The van der Waals surface area contributed by atoms with Crippen molar-refractivity contribution in [2.75, 3.05) is 27.4 Å². The summed E-state index contributed by atoms with van der Waals surface area (Å²) in [5.41, 5.74) is 2.59. The van der Waals surface area contributed by atoms with E-state index < -0.39 is 12.0 Å². The molecule has 8 nitrogen and oxygen atoms in total. The van der Waals surface area contributed by atoms with E-state index in [4.69, 9.17) is 14.2 Å². The summed E-state index contributed by atoms with van der Waals surface area (Å²) < 4.78 is 16.1. The highest BCUT2D eigenvalue weighted by atomic mass is 32.2. The molecule has 4 rings (SSSR count). The van der Waals surface area contributed by atoms with Crippen molar-refractivity contribution in [3.8, 4) is 11.5 Å². The van der Waals surface area contributed by atoms with E-state index >= 15 is 0 Å². The minimum absolute atomic E-state index is 0.130. The van der Waals surface area contributed by atoms with Gasteiger partial charge in [0.2, 0.25) is 5.91 Å². The summed E-state index contributed by atoms with van der Waals surface area (Å²) in [7, 11) is 2.95. The molecule has 0 saturated heterocycles. The van der Waals surface area contributed by atoms with Crippen LogP contribution in [0.3, 0.4) is 0 Å². The number of carbonyl (C=O) groups is 2. The summed E-state index contributed by atoms with van der Waals surface area (Å²) in [6, 6.07) is 16.5. The zero-order valence-electron chi connectivity index (χ0n) is 19.8. The summed E-state index contributed by atoms with van der Waals surface area (Å²) in [6.07, 6.45) is 0.130. The number of aliphatic imine (C=N–C) groups is 1. The van der Waals surface area contributed by atoms with Crippen LogP contribution in [0.2, 0.25) is 0 Å². The molecule has 0 fully saturated rings. The Morgan fingerprint density at radius 1 is 1.09 bits per heavy atom. The summed E-state index contributed by atoms with van der Waals surface area (Å²) in [4.78, 5) is 32.1. The number of esters is 1. The third-order valence-electron chi connectivity index (χ3n) is 5.59. The van der Waals surface area contributed by atoms with Gasteiger partial charge in [-0.05, 0) is 42.2 Å². The van der Waals surface area contributed by atoms with E-state index in [0.717, 1.165) is 17.0 Å². The number of allylic oxidation sites excluding steroid dienone is 1. The second-order valence-corrected chi connectivity index (χ2v) is 8.69. The van der Waals surface area contributed by atoms with Crippen LogP contribution in [0.1, 0.15) is 24.9 Å². The van der Waals surface area contributed by atoms with E-state index in [1.54, 1.807) is 14.0 Å². The fourth-order valence-corrected chi connectivity index (χ4v) is 4.93. The highest BCUT2D eigenvalue weighted by molar-refractivity contribution is 8.16. The van der Waals surface area contributed by atoms with Crippen molar-refractivity contribution in [3.05, 3.63) is 82.5 Å². The fourth-order valence-electron chi connectivity index (χ4n) is 3.97. The van der Waals surface area contributed by atoms with Crippen molar-refractivity contribution in [1.82, 2.24) is 10.2 Å². The Bertz CT molecular complexity index is 1190. The number of hydrogen-bond acceptors (Lipinski definition) is 8. The number of amidine groups is 1. The molecule has 2 aromatic rings. The molecule has 0 aromatic heterocycles. The van der Waals surface area contributed by atoms with Gasteiger partial charge in [-0.25, -0.2) is 9.79 Å². The Hall–Kier alpha value is -3.72. The van der Waals surface area contributed by atoms with Crippen molar-refractivity contribution in [2.45, 2.75) is 19.4 Å². The zero-order valence-corrected chi connectivity index (χ0v) is 20.6. The van der Waals surface area contributed by atoms with Crippen LogP contribution in [-0.4, -0.2) is 49.3 Å². The van der Waals surface area contributed by atoms with E-state index in [2.05, 4.69) is 10.3 Å². The molecule has 0 bridgehead atoms. The number of benzene rings is 2. The molecule has 9 heteroatoms. The third-order valence-corrected chi connectivity index (χ3v) is 6.48. The molecule has 35 heavy (non-hydrogen) atoms. The maximum Gasteiger partial charge on any atom is 0.338 e. The predicted molar refractivity (Wildman–Crippen MR) is 135 cm³/mol. The van der Waals surface area contributed by atoms with Crippen LogP contribution in [-0.2, 0) is 14.3 Å². The maximum absolute atomic E-state index is 12.8. The molecule has 1 atom stereocenters. The first-order chi connectivity index (χ1) is 17.0. The SMILES string of the molecule is COC(=O)C1=C(C)N=C2SC=C(CC(=O)NCCOc3ccccc3)N2[C@H]1c1cccc(OC)c1. The lowest BCUT2D eigenvalue weighted by Crippen LogP contribution is -2.38. The number of nitrogens with one attached hydrogen (secondary N) is 1. The van der Waals surface area contributed by atoms with Gasteiger partial charge in [-0.15, -0.1) is 0 Å². The maximum atomic E-state index is 12.8. The number of carbonyl (C=O) groups excluding carboxylic acids is 2. The molecule has 1 amide bonds. The van der Waals surface area contributed by atoms with E-state index in [9.17, 15) is 9.59 Å². The normalized spacial score (nSPS) is 16.8. The predicted octanol–water partition coefficient (Wildman–Crippen LogP) is 4.03. The average molecular weight is 494 g/mol. The monoisotopic (exact) mass is 493 g/mol. The van der Waals surface area contributed by atoms with Gasteiger partial charge in [0.15, 0.2) is 5.17 Å². The number of thioether (sulfide) groups is 1. The number of methoxy groups -OCH3 is 2. The lowest BCUT2D eigenvalue weighted by atomic mass is 9.93. The molecule has 2 aromatic carbocycles. The van der Waals surface area contributed by atoms with Crippen LogP contribution < -0.4 is 14.8 Å². The Balaban J connectivity index is 1.50. The summed E-state index contributed by atoms with van der Waals surface area (Å²) >= 11 is 1.43. The average Bonchev–Trinajstić information content (AvgIpc) is 3.27. The van der Waals surface area contributed by atoms with Crippen LogP contribution in [0.25, 0.3) is 0 Å². The number of ether oxygens (including phenoxy) is 3. The standard InChI is InChI=1S/C26H27N3O5S/c1-17-23(25(31)33-3)24(18-8-7-11-21(14-18)32-2)29-19(16-35-26(29)28-17)15-22(30)27-12-13-34-20-9-5-4-6-10-20/h4-11,14,16,24H,12-13,15H2,1-3H3,(H,27,30)/t24-/m0/s1. The van der Waals surface area contributed by atoms with Crippen molar-refractivity contribution < 1.29 is 23.8 Å². The van der Waals surface area contributed by atoms with Gasteiger partial charge in [-0.1, -0.05) is 42.1 Å². The quantitative estimate of drug-likeness (QED) is 0.417. The molecular weight excluding hydrogens is 466 g/mol. The summed E-state index contributed by atoms with van der Waals surface area (Å²) in [5, 5.41) is 5.51. The van der Waals surface area contributed by atoms with Gasteiger partial charge in [-0.3, -0.25) is 4.79 Å². The number of nitrogens with zero attached hydrogens (tertiary/aromatic N) is 2. The minimum atomic E-state index is -0.500. The van der Waals surface area contributed by atoms with Gasteiger partial charge in [0.25, 0.3) is 0 Å². The molecule has 182 valence electrons. The topological polar surface area (TPSA) is 89.5 Å².